The Kier molecular flexibility index (Phi) is 5.63. The highest BCUT2D eigenvalue weighted by molar-refractivity contribution is 5.98. The van der Waals surface area contributed by atoms with Crippen LogP contribution in [0, 0.1) is 29.1 Å². The Labute approximate surface area is 218 Å². The van der Waals surface area contributed by atoms with E-state index in [-0.39, 0.29) is 23.1 Å². The lowest BCUT2D eigenvalue weighted by molar-refractivity contribution is -0.140. The summed E-state index contributed by atoms with van der Waals surface area (Å²) in [6, 6.07) is 16.4. The minimum atomic E-state index is -0.138. The second-order valence-corrected chi connectivity index (χ2v) is 12.5. The molecule has 4 bridgehead atoms. The molecule has 0 aliphatic heterocycles. The first-order valence-electron chi connectivity index (χ1n) is 14.4. The molecule has 5 fully saturated rings. The standard InChI is InChI=1S/C32H37N3O2/c36-30(24-4-2-1-3-5-24)33-26-8-6-23(7-9-26)29-16-25-15-27(10-11-28(25)35-29)34-31(37)32-17-20-12-21(18-32)14-22(13-20)19-32/h6-11,15-16,20-22,24,35H,1-5,12-14,17-19H2,(H,33,36)(H,34,37). The number of rotatable bonds is 5. The minimum absolute atomic E-state index is 0.138. The lowest BCUT2D eigenvalue weighted by Gasteiger charge is -2.55. The van der Waals surface area contributed by atoms with Gasteiger partial charge in [0.1, 0.15) is 0 Å². The maximum Gasteiger partial charge on any atom is 0.230 e. The van der Waals surface area contributed by atoms with Crippen molar-refractivity contribution < 1.29 is 9.59 Å². The Hall–Kier alpha value is -3.08. The molecular formula is C32H37N3O2. The number of hydrogen-bond acceptors (Lipinski definition) is 2. The normalized spacial score (nSPS) is 28.9. The van der Waals surface area contributed by atoms with Crippen molar-refractivity contribution >= 4 is 34.1 Å². The van der Waals surface area contributed by atoms with Crippen LogP contribution in [-0.2, 0) is 9.59 Å². The maximum atomic E-state index is 13.5. The fourth-order valence-corrected chi connectivity index (χ4v) is 8.36. The fraction of sp³-hybridized carbons (Fsp3) is 0.500. The van der Waals surface area contributed by atoms with Gasteiger partial charge in [-0.15, -0.1) is 0 Å². The first-order chi connectivity index (χ1) is 18.0. The van der Waals surface area contributed by atoms with Crippen molar-refractivity contribution in [2.75, 3.05) is 10.6 Å². The summed E-state index contributed by atoms with van der Waals surface area (Å²) in [7, 11) is 0. The van der Waals surface area contributed by atoms with Gasteiger partial charge < -0.3 is 15.6 Å². The Balaban J connectivity index is 1.04. The average molecular weight is 496 g/mol. The molecule has 5 nitrogen and oxygen atoms in total. The van der Waals surface area contributed by atoms with Crippen LogP contribution in [0.1, 0.15) is 70.6 Å². The third-order valence-corrected chi connectivity index (χ3v) is 9.84. The molecule has 2 amide bonds. The molecular weight excluding hydrogens is 458 g/mol. The van der Waals surface area contributed by atoms with Crippen molar-refractivity contribution in [1.82, 2.24) is 4.98 Å². The van der Waals surface area contributed by atoms with Crippen molar-refractivity contribution in [2.45, 2.75) is 70.6 Å². The van der Waals surface area contributed by atoms with E-state index in [1.165, 1.54) is 25.7 Å². The SMILES string of the molecule is O=C(Nc1ccc(-c2cc3cc(NC(=O)C45CC6CC(CC(C6)C4)C5)ccc3[nH]2)cc1)C1CCCCC1. The van der Waals surface area contributed by atoms with Gasteiger partial charge in [-0.3, -0.25) is 9.59 Å². The number of amides is 2. The summed E-state index contributed by atoms with van der Waals surface area (Å²) in [5, 5.41) is 7.49. The predicted octanol–water partition coefficient (Wildman–Crippen LogP) is 7.51. The third kappa shape index (κ3) is 4.36. The number of fused-ring (bicyclic) bond motifs is 1. The van der Waals surface area contributed by atoms with Gasteiger partial charge in [0.15, 0.2) is 0 Å². The van der Waals surface area contributed by atoms with Gasteiger partial charge in [0.2, 0.25) is 11.8 Å². The number of anilines is 2. The summed E-state index contributed by atoms with van der Waals surface area (Å²) in [5.74, 6) is 2.84. The van der Waals surface area contributed by atoms with E-state index < -0.39 is 0 Å². The largest absolute Gasteiger partial charge is 0.355 e. The molecule has 5 saturated carbocycles. The van der Waals surface area contributed by atoms with Crippen LogP contribution in [-0.4, -0.2) is 16.8 Å². The van der Waals surface area contributed by atoms with Crippen LogP contribution in [0.15, 0.2) is 48.5 Å². The number of benzene rings is 2. The third-order valence-electron chi connectivity index (χ3n) is 9.84. The summed E-state index contributed by atoms with van der Waals surface area (Å²) < 4.78 is 0. The van der Waals surface area contributed by atoms with Crippen molar-refractivity contribution in [3.63, 3.8) is 0 Å². The molecule has 1 heterocycles. The van der Waals surface area contributed by atoms with Gasteiger partial charge in [-0.25, -0.2) is 0 Å². The molecule has 0 saturated heterocycles. The Morgan fingerprint density at radius 2 is 1.41 bits per heavy atom. The zero-order valence-corrected chi connectivity index (χ0v) is 21.5. The predicted molar refractivity (Wildman–Crippen MR) is 148 cm³/mol. The lowest BCUT2D eigenvalue weighted by atomic mass is 9.49. The number of carbonyl (C=O) groups excluding carboxylic acids is 2. The molecule has 0 radical (unpaired) electrons. The van der Waals surface area contributed by atoms with Crippen LogP contribution >= 0.6 is 0 Å². The maximum absolute atomic E-state index is 13.5. The summed E-state index contributed by atoms with van der Waals surface area (Å²) >= 11 is 0. The molecule has 8 rings (SSSR count). The highest BCUT2D eigenvalue weighted by atomic mass is 16.2. The molecule has 5 heteroatoms. The number of aromatic amines is 1. The van der Waals surface area contributed by atoms with Gasteiger partial charge in [-0.2, -0.15) is 0 Å². The molecule has 3 aromatic rings. The Morgan fingerprint density at radius 3 is 2.08 bits per heavy atom. The van der Waals surface area contributed by atoms with Crippen molar-refractivity contribution in [2.24, 2.45) is 29.1 Å². The quantitative estimate of drug-likeness (QED) is 0.343. The van der Waals surface area contributed by atoms with E-state index in [4.69, 9.17) is 0 Å². The van der Waals surface area contributed by atoms with Gasteiger partial charge in [0.25, 0.3) is 0 Å². The van der Waals surface area contributed by atoms with Crippen LogP contribution < -0.4 is 10.6 Å². The number of aromatic nitrogens is 1. The Bertz CT molecular complexity index is 1300. The average Bonchev–Trinajstić information content (AvgIpc) is 3.32. The molecule has 0 unspecified atom stereocenters. The fourth-order valence-electron chi connectivity index (χ4n) is 8.36. The van der Waals surface area contributed by atoms with Gasteiger partial charge in [-0.1, -0.05) is 31.4 Å². The molecule has 1 aromatic heterocycles. The zero-order chi connectivity index (χ0) is 25.0. The number of hydrogen-bond donors (Lipinski definition) is 3. The highest BCUT2D eigenvalue weighted by Gasteiger charge is 2.54. The topological polar surface area (TPSA) is 74.0 Å². The summed E-state index contributed by atoms with van der Waals surface area (Å²) in [5.41, 5.74) is 4.76. The molecule has 2 aromatic carbocycles. The van der Waals surface area contributed by atoms with Crippen LogP contribution in [0.5, 0.6) is 0 Å². The van der Waals surface area contributed by atoms with Gasteiger partial charge in [0, 0.05) is 33.9 Å². The van der Waals surface area contributed by atoms with E-state index >= 15 is 0 Å². The lowest BCUT2D eigenvalue weighted by Crippen LogP contribution is -2.51. The molecule has 37 heavy (non-hydrogen) atoms. The number of H-pyrrole nitrogens is 1. The first-order valence-corrected chi connectivity index (χ1v) is 14.4. The van der Waals surface area contributed by atoms with E-state index in [2.05, 4.69) is 45.9 Å². The second-order valence-electron chi connectivity index (χ2n) is 12.5. The van der Waals surface area contributed by atoms with Crippen molar-refractivity contribution in [1.29, 1.82) is 0 Å². The van der Waals surface area contributed by atoms with E-state index in [9.17, 15) is 9.59 Å². The number of nitrogens with one attached hydrogen (secondary N) is 3. The summed E-state index contributed by atoms with van der Waals surface area (Å²) in [6.07, 6.45) is 12.9. The number of carbonyl (C=O) groups is 2. The van der Waals surface area contributed by atoms with Gasteiger partial charge in [0.05, 0.1) is 5.41 Å². The molecule has 3 N–H and O–H groups in total. The summed E-state index contributed by atoms with van der Waals surface area (Å²) in [6.45, 7) is 0. The molecule has 5 aliphatic carbocycles. The zero-order valence-electron chi connectivity index (χ0n) is 21.5. The Morgan fingerprint density at radius 1 is 0.757 bits per heavy atom. The van der Waals surface area contributed by atoms with E-state index in [1.807, 2.05) is 18.2 Å². The summed E-state index contributed by atoms with van der Waals surface area (Å²) in [4.78, 5) is 29.6. The van der Waals surface area contributed by atoms with E-state index in [0.717, 1.165) is 96.2 Å². The van der Waals surface area contributed by atoms with Gasteiger partial charge in [-0.05, 0) is 111 Å². The molecule has 0 atom stereocenters. The van der Waals surface area contributed by atoms with Crippen LogP contribution in [0.4, 0.5) is 11.4 Å². The van der Waals surface area contributed by atoms with Crippen LogP contribution in [0.3, 0.4) is 0 Å². The van der Waals surface area contributed by atoms with Crippen molar-refractivity contribution in [3.05, 3.63) is 48.5 Å². The van der Waals surface area contributed by atoms with Gasteiger partial charge >= 0.3 is 0 Å². The highest BCUT2D eigenvalue weighted by Crippen LogP contribution is 2.60. The monoisotopic (exact) mass is 495 g/mol. The first kappa shape index (κ1) is 23.1. The van der Waals surface area contributed by atoms with Crippen LogP contribution in [0.25, 0.3) is 22.2 Å². The molecule has 0 spiro atoms. The van der Waals surface area contributed by atoms with Crippen LogP contribution in [0.2, 0.25) is 0 Å². The van der Waals surface area contributed by atoms with E-state index in [1.54, 1.807) is 0 Å². The second kappa shape index (κ2) is 9.04. The van der Waals surface area contributed by atoms with E-state index in [0.29, 0.717) is 0 Å². The minimum Gasteiger partial charge on any atom is -0.355 e. The van der Waals surface area contributed by atoms with Crippen molar-refractivity contribution in [3.8, 4) is 11.3 Å². The molecule has 192 valence electrons. The molecule has 5 aliphatic rings. The smallest absolute Gasteiger partial charge is 0.230 e.